The molecule has 0 saturated heterocycles. The molecule has 0 bridgehead atoms. The topological polar surface area (TPSA) is 59.3 Å². The van der Waals surface area contributed by atoms with Crippen LogP contribution in [-0.2, 0) is 17.8 Å². The van der Waals surface area contributed by atoms with Gasteiger partial charge in [-0.15, -0.1) is 0 Å². The predicted molar refractivity (Wildman–Crippen MR) is 82.0 cm³/mol. The van der Waals surface area contributed by atoms with Crippen LogP contribution in [-0.4, -0.2) is 41.3 Å². The van der Waals surface area contributed by atoms with Crippen LogP contribution in [0.5, 0.6) is 0 Å². The maximum absolute atomic E-state index is 9.53. The molecule has 2 aromatic rings. The van der Waals surface area contributed by atoms with Crippen molar-refractivity contribution in [2.24, 2.45) is 0 Å². The van der Waals surface area contributed by atoms with E-state index >= 15 is 0 Å². The second kappa shape index (κ2) is 8.56. The smallest absolute Gasteiger partial charge is 0.0785 e. The number of ether oxygens (including phenoxy) is 1. The highest BCUT2D eigenvalue weighted by atomic mass is 16.5. The molecular weight excluding hydrogens is 266 g/mol. The fourth-order valence-electron chi connectivity index (χ4n) is 2.13. The number of aromatic nitrogens is 2. The molecule has 1 heterocycles. The number of benzene rings is 1. The van der Waals surface area contributed by atoms with E-state index < -0.39 is 6.10 Å². The lowest BCUT2D eigenvalue weighted by Gasteiger charge is -2.09. The number of hydrogen-bond acceptors (Lipinski definition) is 4. The summed E-state index contributed by atoms with van der Waals surface area (Å²) in [7, 11) is 1.60. The van der Waals surface area contributed by atoms with Crippen molar-refractivity contribution >= 4 is 0 Å². The second-order valence-electron chi connectivity index (χ2n) is 5.11. The fourth-order valence-corrected chi connectivity index (χ4v) is 2.13. The summed E-state index contributed by atoms with van der Waals surface area (Å²) in [4.78, 5) is 0. The molecule has 0 saturated carbocycles. The Kier molecular flexibility index (Phi) is 6.40. The SMILES string of the molecule is COCC(O)CCNCc1cnn(Cc2ccccc2)c1. The Bertz CT molecular complexity index is 513. The lowest BCUT2D eigenvalue weighted by atomic mass is 10.2. The van der Waals surface area contributed by atoms with Crippen LogP contribution < -0.4 is 5.32 Å². The van der Waals surface area contributed by atoms with Crippen LogP contribution in [0.4, 0.5) is 0 Å². The van der Waals surface area contributed by atoms with Crippen LogP contribution >= 0.6 is 0 Å². The van der Waals surface area contributed by atoms with Crippen molar-refractivity contribution in [3.05, 3.63) is 53.9 Å². The summed E-state index contributed by atoms with van der Waals surface area (Å²) in [5.41, 5.74) is 2.38. The summed E-state index contributed by atoms with van der Waals surface area (Å²) in [6.45, 7) is 2.69. The molecular formula is C16H23N3O2. The van der Waals surface area contributed by atoms with E-state index in [-0.39, 0.29) is 0 Å². The molecule has 0 aliphatic carbocycles. The van der Waals surface area contributed by atoms with Crippen molar-refractivity contribution < 1.29 is 9.84 Å². The number of rotatable bonds is 9. The van der Waals surface area contributed by atoms with Gasteiger partial charge in [0.1, 0.15) is 0 Å². The van der Waals surface area contributed by atoms with Gasteiger partial charge in [0.2, 0.25) is 0 Å². The van der Waals surface area contributed by atoms with Crippen LogP contribution in [0.1, 0.15) is 17.5 Å². The van der Waals surface area contributed by atoms with Crippen LogP contribution in [0.25, 0.3) is 0 Å². The van der Waals surface area contributed by atoms with Gasteiger partial charge in [0, 0.05) is 25.4 Å². The molecule has 1 aromatic heterocycles. The third kappa shape index (κ3) is 5.67. The van der Waals surface area contributed by atoms with Crippen molar-refractivity contribution in [3.8, 4) is 0 Å². The number of nitrogens with zero attached hydrogens (tertiary/aromatic N) is 2. The minimum Gasteiger partial charge on any atom is -0.391 e. The maximum Gasteiger partial charge on any atom is 0.0785 e. The molecule has 0 spiro atoms. The quantitative estimate of drug-likeness (QED) is 0.685. The second-order valence-corrected chi connectivity index (χ2v) is 5.11. The molecule has 2 rings (SSSR count). The molecule has 1 aromatic carbocycles. The van der Waals surface area contributed by atoms with E-state index in [1.165, 1.54) is 5.56 Å². The molecule has 0 aliphatic heterocycles. The van der Waals surface area contributed by atoms with E-state index in [4.69, 9.17) is 4.74 Å². The van der Waals surface area contributed by atoms with E-state index in [0.29, 0.717) is 13.0 Å². The highest BCUT2D eigenvalue weighted by Gasteiger charge is 2.03. The third-order valence-electron chi connectivity index (χ3n) is 3.22. The molecule has 0 aliphatic rings. The highest BCUT2D eigenvalue weighted by molar-refractivity contribution is 5.15. The number of aliphatic hydroxyl groups is 1. The Morgan fingerprint density at radius 2 is 2.10 bits per heavy atom. The van der Waals surface area contributed by atoms with E-state index in [1.807, 2.05) is 35.3 Å². The summed E-state index contributed by atoms with van der Waals surface area (Å²) in [6.07, 6.45) is 4.21. The van der Waals surface area contributed by atoms with E-state index in [1.54, 1.807) is 7.11 Å². The van der Waals surface area contributed by atoms with Gasteiger partial charge in [-0.2, -0.15) is 5.10 Å². The Hall–Kier alpha value is -1.69. The zero-order valence-corrected chi connectivity index (χ0v) is 12.4. The van der Waals surface area contributed by atoms with Crippen LogP contribution in [0.15, 0.2) is 42.7 Å². The van der Waals surface area contributed by atoms with Gasteiger partial charge in [0.15, 0.2) is 0 Å². The molecule has 5 heteroatoms. The van der Waals surface area contributed by atoms with Gasteiger partial charge in [0.05, 0.1) is 25.5 Å². The Labute approximate surface area is 125 Å². The average molecular weight is 289 g/mol. The van der Waals surface area contributed by atoms with E-state index in [2.05, 4.69) is 22.5 Å². The highest BCUT2D eigenvalue weighted by Crippen LogP contribution is 2.04. The lowest BCUT2D eigenvalue weighted by Crippen LogP contribution is -2.22. The normalized spacial score (nSPS) is 12.5. The third-order valence-corrected chi connectivity index (χ3v) is 3.22. The van der Waals surface area contributed by atoms with Gasteiger partial charge in [-0.3, -0.25) is 4.68 Å². The monoisotopic (exact) mass is 289 g/mol. The first-order chi connectivity index (χ1) is 10.3. The number of nitrogens with one attached hydrogen (secondary N) is 1. The summed E-state index contributed by atoms with van der Waals surface area (Å²) in [6, 6.07) is 10.3. The summed E-state index contributed by atoms with van der Waals surface area (Å²) < 4.78 is 6.82. The van der Waals surface area contributed by atoms with Crippen molar-refractivity contribution in [3.63, 3.8) is 0 Å². The molecule has 0 fully saturated rings. The van der Waals surface area contributed by atoms with Crippen molar-refractivity contribution in [2.45, 2.75) is 25.6 Å². The molecule has 0 amide bonds. The first-order valence-corrected chi connectivity index (χ1v) is 7.21. The molecule has 0 radical (unpaired) electrons. The molecule has 1 atom stereocenters. The summed E-state index contributed by atoms with van der Waals surface area (Å²) in [5.74, 6) is 0. The van der Waals surface area contributed by atoms with Crippen LogP contribution in [0.2, 0.25) is 0 Å². The van der Waals surface area contributed by atoms with Crippen LogP contribution in [0, 0.1) is 0 Å². The van der Waals surface area contributed by atoms with Gasteiger partial charge >= 0.3 is 0 Å². The number of hydrogen-bond donors (Lipinski definition) is 2. The maximum atomic E-state index is 9.53. The predicted octanol–water partition coefficient (Wildman–Crippen LogP) is 1.42. The van der Waals surface area contributed by atoms with Crippen molar-refractivity contribution in [1.82, 2.24) is 15.1 Å². The summed E-state index contributed by atoms with van der Waals surface area (Å²) >= 11 is 0. The lowest BCUT2D eigenvalue weighted by molar-refractivity contribution is 0.0594. The van der Waals surface area contributed by atoms with E-state index in [9.17, 15) is 5.11 Å². The fraction of sp³-hybridized carbons (Fsp3) is 0.438. The minimum absolute atomic E-state index is 0.386. The van der Waals surface area contributed by atoms with Gasteiger partial charge in [0.25, 0.3) is 0 Å². The molecule has 21 heavy (non-hydrogen) atoms. The van der Waals surface area contributed by atoms with Gasteiger partial charge < -0.3 is 15.2 Å². The summed E-state index contributed by atoms with van der Waals surface area (Å²) in [5, 5.41) is 17.2. The van der Waals surface area contributed by atoms with Gasteiger partial charge in [-0.25, -0.2) is 0 Å². The van der Waals surface area contributed by atoms with Crippen molar-refractivity contribution in [1.29, 1.82) is 0 Å². The number of methoxy groups -OCH3 is 1. The first kappa shape index (κ1) is 15.7. The first-order valence-electron chi connectivity index (χ1n) is 7.21. The van der Waals surface area contributed by atoms with Gasteiger partial charge in [-0.05, 0) is 18.5 Å². The molecule has 2 N–H and O–H groups in total. The van der Waals surface area contributed by atoms with E-state index in [0.717, 1.165) is 25.2 Å². The molecule has 1 unspecified atom stereocenters. The Morgan fingerprint density at radius 3 is 2.86 bits per heavy atom. The Balaban J connectivity index is 1.71. The van der Waals surface area contributed by atoms with Crippen LogP contribution in [0.3, 0.4) is 0 Å². The molecule has 114 valence electrons. The van der Waals surface area contributed by atoms with Crippen molar-refractivity contribution in [2.75, 3.05) is 20.3 Å². The average Bonchev–Trinajstić information content (AvgIpc) is 2.92. The molecule has 5 nitrogen and oxygen atoms in total. The van der Waals surface area contributed by atoms with Gasteiger partial charge in [-0.1, -0.05) is 30.3 Å². The minimum atomic E-state index is -0.400. The standard InChI is InChI=1S/C16H23N3O2/c1-21-13-16(20)7-8-17-9-15-10-18-19(12-15)11-14-5-3-2-4-6-14/h2-6,10,12,16-17,20H,7-9,11,13H2,1H3. The Morgan fingerprint density at radius 1 is 1.29 bits per heavy atom. The zero-order chi connectivity index (χ0) is 14.9. The largest absolute Gasteiger partial charge is 0.391 e. The number of aliphatic hydroxyl groups excluding tert-OH is 1. The zero-order valence-electron chi connectivity index (χ0n) is 12.4.